The summed E-state index contributed by atoms with van der Waals surface area (Å²) in [6, 6.07) is 14.3. The molecule has 0 aliphatic heterocycles. The standard InChI is InChI=1S/C18H17FN4OS2/c1-12-5-4-7-14(9-12)21-17-22-23-18(26-17)25-11-16(24)20-10-13-6-2-3-8-15(13)19/h2-9H,10-11H2,1H3,(H,20,24)(H,21,22). The highest BCUT2D eigenvalue weighted by Crippen LogP contribution is 2.27. The molecule has 0 fully saturated rings. The van der Waals surface area contributed by atoms with E-state index in [1.165, 1.54) is 29.2 Å². The Morgan fingerprint density at radius 1 is 1.19 bits per heavy atom. The fourth-order valence-electron chi connectivity index (χ4n) is 2.18. The van der Waals surface area contributed by atoms with Crippen LogP contribution in [0, 0.1) is 12.7 Å². The van der Waals surface area contributed by atoms with E-state index >= 15 is 0 Å². The van der Waals surface area contributed by atoms with Gasteiger partial charge in [-0.25, -0.2) is 4.39 Å². The normalized spacial score (nSPS) is 10.5. The van der Waals surface area contributed by atoms with Crippen LogP contribution in [0.2, 0.25) is 0 Å². The van der Waals surface area contributed by atoms with E-state index in [0.717, 1.165) is 11.3 Å². The second-order valence-corrected chi connectivity index (χ2v) is 7.72. The number of rotatable bonds is 7. The lowest BCUT2D eigenvalue weighted by atomic mass is 10.2. The molecule has 0 aliphatic carbocycles. The first-order valence-corrected chi connectivity index (χ1v) is 9.70. The number of aryl methyl sites for hydroxylation is 1. The second kappa shape index (κ2) is 8.77. The minimum absolute atomic E-state index is 0.169. The van der Waals surface area contributed by atoms with Crippen molar-refractivity contribution in [1.29, 1.82) is 0 Å². The molecule has 0 atom stereocenters. The SMILES string of the molecule is Cc1cccc(Nc2nnc(SCC(=O)NCc3ccccc3F)s2)c1. The highest BCUT2D eigenvalue weighted by atomic mass is 32.2. The molecule has 2 N–H and O–H groups in total. The van der Waals surface area contributed by atoms with E-state index in [-0.39, 0.29) is 24.0 Å². The number of amides is 1. The van der Waals surface area contributed by atoms with Crippen molar-refractivity contribution in [3.05, 3.63) is 65.5 Å². The third-order valence-corrected chi connectivity index (χ3v) is 5.41. The predicted molar refractivity (Wildman–Crippen MR) is 103 cm³/mol. The molecule has 2 aromatic carbocycles. The second-order valence-electron chi connectivity index (χ2n) is 5.52. The topological polar surface area (TPSA) is 66.9 Å². The quantitative estimate of drug-likeness (QED) is 0.596. The molecule has 0 bridgehead atoms. The number of nitrogens with zero attached hydrogens (tertiary/aromatic N) is 2. The third-order valence-electron chi connectivity index (χ3n) is 3.44. The van der Waals surface area contributed by atoms with E-state index in [1.807, 2.05) is 31.2 Å². The monoisotopic (exact) mass is 388 g/mol. The van der Waals surface area contributed by atoms with Crippen molar-refractivity contribution < 1.29 is 9.18 Å². The van der Waals surface area contributed by atoms with Gasteiger partial charge in [0.15, 0.2) is 4.34 Å². The summed E-state index contributed by atoms with van der Waals surface area (Å²) in [4.78, 5) is 11.9. The van der Waals surface area contributed by atoms with Crippen molar-refractivity contribution in [3.63, 3.8) is 0 Å². The Morgan fingerprint density at radius 2 is 2.04 bits per heavy atom. The van der Waals surface area contributed by atoms with Gasteiger partial charge in [0.05, 0.1) is 5.75 Å². The zero-order valence-corrected chi connectivity index (χ0v) is 15.7. The average Bonchev–Trinajstić information content (AvgIpc) is 3.07. The number of thioether (sulfide) groups is 1. The molecule has 0 saturated carbocycles. The molecule has 0 aliphatic rings. The zero-order valence-electron chi connectivity index (χ0n) is 14.0. The van der Waals surface area contributed by atoms with Crippen LogP contribution in [0.3, 0.4) is 0 Å². The predicted octanol–water partition coefficient (Wildman–Crippen LogP) is 4.14. The van der Waals surface area contributed by atoms with Gasteiger partial charge in [0.2, 0.25) is 11.0 Å². The maximum absolute atomic E-state index is 13.5. The third kappa shape index (κ3) is 5.27. The van der Waals surface area contributed by atoms with E-state index in [1.54, 1.807) is 18.2 Å². The highest BCUT2D eigenvalue weighted by Gasteiger charge is 2.09. The van der Waals surface area contributed by atoms with Crippen LogP contribution < -0.4 is 10.6 Å². The van der Waals surface area contributed by atoms with Crippen molar-refractivity contribution in [1.82, 2.24) is 15.5 Å². The summed E-state index contributed by atoms with van der Waals surface area (Å²) in [6.07, 6.45) is 0. The number of nitrogens with one attached hydrogen (secondary N) is 2. The van der Waals surface area contributed by atoms with Gasteiger partial charge in [-0.2, -0.15) is 0 Å². The van der Waals surface area contributed by atoms with Crippen molar-refractivity contribution in [3.8, 4) is 0 Å². The van der Waals surface area contributed by atoms with Crippen LogP contribution >= 0.6 is 23.1 Å². The molecule has 5 nitrogen and oxygen atoms in total. The Kier molecular flexibility index (Phi) is 6.19. The summed E-state index contributed by atoms with van der Waals surface area (Å²) < 4.78 is 14.2. The Bertz CT molecular complexity index is 900. The van der Waals surface area contributed by atoms with E-state index < -0.39 is 0 Å². The molecular weight excluding hydrogens is 371 g/mol. The summed E-state index contributed by atoms with van der Waals surface area (Å²) in [5, 5.41) is 14.7. The molecule has 1 heterocycles. The van der Waals surface area contributed by atoms with E-state index in [2.05, 4.69) is 20.8 Å². The van der Waals surface area contributed by atoms with Crippen LogP contribution in [0.15, 0.2) is 52.9 Å². The summed E-state index contributed by atoms with van der Waals surface area (Å²) in [5.74, 6) is -0.300. The maximum Gasteiger partial charge on any atom is 0.230 e. The molecule has 0 spiro atoms. The Labute approximate surface area is 159 Å². The lowest BCUT2D eigenvalue weighted by Crippen LogP contribution is -2.24. The molecular formula is C18H17FN4OS2. The Hall–Kier alpha value is -2.45. The average molecular weight is 388 g/mol. The van der Waals surface area contributed by atoms with Crippen molar-refractivity contribution in [2.75, 3.05) is 11.1 Å². The molecule has 3 aromatic rings. The molecule has 0 radical (unpaired) electrons. The first-order chi connectivity index (χ1) is 12.6. The van der Waals surface area contributed by atoms with Crippen LogP contribution in [0.1, 0.15) is 11.1 Å². The molecule has 26 heavy (non-hydrogen) atoms. The van der Waals surface area contributed by atoms with Gasteiger partial charge in [0.25, 0.3) is 0 Å². The molecule has 0 unspecified atom stereocenters. The highest BCUT2D eigenvalue weighted by molar-refractivity contribution is 8.01. The fourth-order valence-corrected chi connectivity index (χ4v) is 3.78. The van der Waals surface area contributed by atoms with Gasteiger partial charge in [0.1, 0.15) is 5.82 Å². The van der Waals surface area contributed by atoms with E-state index in [0.29, 0.717) is 15.0 Å². The van der Waals surface area contributed by atoms with Gasteiger partial charge >= 0.3 is 0 Å². The van der Waals surface area contributed by atoms with Gasteiger partial charge in [-0.05, 0) is 30.7 Å². The molecule has 134 valence electrons. The molecule has 8 heteroatoms. The number of hydrogen-bond donors (Lipinski definition) is 2. The van der Waals surface area contributed by atoms with Gasteiger partial charge in [-0.15, -0.1) is 10.2 Å². The summed E-state index contributed by atoms with van der Waals surface area (Å²) in [6.45, 7) is 2.19. The first-order valence-electron chi connectivity index (χ1n) is 7.90. The summed E-state index contributed by atoms with van der Waals surface area (Å²) in [5.41, 5.74) is 2.56. The van der Waals surface area contributed by atoms with Crippen molar-refractivity contribution in [2.45, 2.75) is 17.8 Å². The molecule has 3 rings (SSSR count). The number of benzene rings is 2. The Balaban J connectivity index is 1.47. The van der Waals surface area contributed by atoms with Crippen LogP contribution in [0.5, 0.6) is 0 Å². The maximum atomic E-state index is 13.5. The lowest BCUT2D eigenvalue weighted by molar-refractivity contribution is -0.118. The smallest absolute Gasteiger partial charge is 0.230 e. The first kappa shape index (κ1) is 18.3. The Morgan fingerprint density at radius 3 is 2.85 bits per heavy atom. The lowest BCUT2D eigenvalue weighted by Gasteiger charge is -2.05. The minimum Gasteiger partial charge on any atom is -0.351 e. The summed E-state index contributed by atoms with van der Waals surface area (Å²) >= 11 is 2.68. The van der Waals surface area contributed by atoms with Crippen LogP contribution in [-0.2, 0) is 11.3 Å². The number of carbonyl (C=O) groups is 1. The van der Waals surface area contributed by atoms with Gasteiger partial charge in [-0.3, -0.25) is 4.79 Å². The van der Waals surface area contributed by atoms with E-state index in [9.17, 15) is 9.18 Å². The molecule has 1 aromatic heterocycles. The largest absolute Gasteiger partial charge is 0.351 e. The number of hydrogen-bond acceptors (Lipinski definition) is 6. The fraction of sp³-hybridized carbons (Fsp3) is 0.167. The van der Waals surface area contributed by atoms with Gasteiger partial charge in [0, 0.05) is 17.8 Å². The van der Waals surface area contributed by atoms with Crippen molar-refractivity contribution in [2.24, 2.45) is 0 Å². The zero-order chi connectivity index (χ0) is 18.4. The minimum atomic E-state index is -0.323. The van der Waals surface area contributed by atoms with Crippen LogP contribution in [0.25, 0.3) is 0 Å². The molecule has 0 saturated heterocycles. The summed E-state index contributed by atoms with van der Waals surface area (Å²) in [7, 11) is 0. The van der Waals surface area contributed by atoms with Crippen molar-refractivity contribution >= 4 is 39.8 Å². The van der Waals surface area contributed by atoms with Crippen LogP contribution in [0.4, 0.5) is 15.2 Å². The number of aromatic nitrogens is 2. The van der Waals surface area contributed by atoms with Gasteiger partial charge in [-0.1, -0.05) is 53.4 Å². The van der Waals surface area contributed by atoms with Crippen LogP contribution in [-0.4, -0.2) is 21.9 Å². The molecule has 1 amide bonds. The number of halogens is 1. The number of carbonyl (C=O) groups excluding carboxylic acids is 1. The van der Waals surface area contributed by atoms with E-state index in [4.69, 9.17) is 0 Å². The van der Waals surface area contributed by atoms with Gasteiger partial charge < -0.3 is 10.6 Å². The number of anilines is 2.